The molecule has 0 aliphatic carbocycles. The molecule has 62 valence electrons. The van der Waals surface area contributed by atoms with Gasteiger partial charge in [-0.05, 0) is 6.92 Å². The maximum absolute atomic E-state index is 9.40. The molecule has 1 aromatic rings. The van der Waals surface area contributed by atoms with E-state index in [9.17, 15) is 5.11 Å². The third-order valence-corrected chi connectivity index (χ3v) is 1.42. The van der Waals surface area contributed by atoms with Crippen LogP contribution in [0.25, 0.3) is 0 Å². The SMILES string of the molecule is C[C@@](O)(CO)Cn1ccnc1. The molecule has 1 heterocycles. The molecular formula is C7H12N2O2. The van der Waals surface area contributed by atoms with Crippen LogP contribution in [0, 0.1) is 0 Å². The predicted molar refractivity (Wildman–Crippen MR) is 39.9 cm³/mol. The van der Waals surface area contributed by atoms with E-state index in [1.165, 1.54) is 0 Å². The second kappa shape index (κ2) is 3.02. The van der Waals surface area contributed by atoms with Crippen molar-refractivity contribution >= 4 is 0 Å². The third-order valence-electron chi connectivity index (χ3n) is 1.42. The fourth-order valence-corrected chi connectivity index (χ4v) is 0.824. The van der Waals surface area contributed by atoms with Gasteiger partial charge in [0.2, 0.25) is 0 Å². The molecule has 0 aromatic carbocycles. The van der Waals surface area contributed by atoms with Gasteiger partial charge in [-0.1, -0.05) is 0 Å². The van der Waals surface area contributed by atoms with Crippen molar-refractivity contribution in [1.29, 1.82) is 0 Å². The normalized spacial score (nSPS) is 16.3. The van der Waals surface area contributed by atoms with Gasteiger partial charge in [0.25, 0.3) is 0 Å². The Balaban J connectivity index is 2.56. The van der Waals surface area contributed by atoms with Crippen LogP contribution in [0.2, 0.25) is 0 Å². The van der Waals surface area contributed by atoms with Crippen molar-refractivity contribution in [2.45, 2.75) is 19.1 Å². The molecule has 1 atom stereocenters. The maximum atomic E-state index is 9.40. The smallest absolute Gasteiger partial charge is 0.103 e. The molecule has 4 heteroatoms. The van der Waals surface area contributed by atoms with Gasteiger partial charge in [-0.25, -0.2) is 4.98 Å². The van der Waals surface area contributed by atoms with Crippen molar-refractivity contribution in [3.05, 3.63) is 18.7 Å². The first-order valence-corrected chi connectivity index (χ1v) is 3.43. The van der Waals surface area contributed by atoms with E-state index in [-0.39, 0.29) is 6.61 Å². The molecule has 0 spiro atoms. The van der Waals surface area contributed by atoms with E-state index in [1.807, 2.05) is 0 Å². The largest absolute Gasteiger partial charge is 0.393 e. The molecule has 1 aromatic heterocycles. The van der Waals surface area contributed by atoms with Crippen molar-refractivity contribution in [3.8, 4) is 0 Å². The van der Waals surface area contributed by atoms with Crippen LogP contribution in [-0.2, 0) is 6.54 Å². The average Bonchev–Trinajstić information content (AvgIpc) is 2.39. The molecule has 4 nitrogen and oxygen atoms in total. The average molecular weight is 156 g/mol. The van der Waals surface area contributed by atoms with Gasteiger partial charge in [0, 0.05) is 12.4 Å². The van der Waals surface area contributed by atoms with Crippen LogP contribution >= 0.6 is 0 Å². The standard InChI is InChI=1S/C7H12N2O2/c1-7(11,5-10)4-9-3-2-8-6-9/h2-3,6,10-11H,4-5H2,1H3/t7-/m0/s1. The second-order valence-electron chi connectivity index (χ2n) is 2.89. The van der Waals surface area contributed by atoms with E-state index in [2.05, 4.69) is 4.98 Å². The summed E-state index contributed by atoms with van der Waals surface area (Å²) in [5, 5.41) is 18.1. The number of rotatable bonds is 3. The Bertz CT molecular complexity index is 206. The summed E-state index contributed by atoms with van der Waals surface area (Å²) in [6, 6.07) is 0. The number of aliphatic hydroxyl groups excluding tert-OH is 1. The third kappa shape index (κ3) is 2.32. The Morgan fingerprint density at radius 1 is 1.64 bits per heavy atom. The van der Waals surface area contributed by atoms with Gasteiger partial charge in [-0.2, -0.15) is 0 Å². The number of aromatic nitrogens is 2. The highest BCUT2D eigenvalue weighted by Crippen LogP contribution is 2.04. The molecule has 0 bridgehead atoms. The highest BCUT2D eigenvalue weighted by atomic mass is 16.3. The van der Waals surface area contributed by atoms with Crippen molar-refractivity contribution in [2.24, 2.45) is 0 Å². The minimum absolute atomic E-state index is 0.245. The lowest BCUT2D eigenvalue weighted by Crippen LogP contribution is -2.34. The molecular weight excluding hydrogens is 144 g/mol. The Kier molecular flexibility index (Phi) is 2.26. The number of nitrogens with zero attached hydrogens (tertiary/aromatic N) is 2. The Morgan fingerprint density at radius 3 is 2.82 bits per heavy atom. The van der Waals surface area contributed by atoms with Gasteiger partial charge in [-0.15, -0.1) is 0 Å². The highest BCUT2D eigenvalue weighted by Gasteiger charge is 2.18. The van der Waals surface area contributed by atoms with Gasteiger partial charge >= 0.3 is 0 Å². The predicted octanol–water partition coefficient (Wildman–Crippen LogP) is -0.374. The molecule has 0 saturated carbocycles. The van der Waals surface area contributed by atoms with E-state index >= 15 is 0 Å². The maximum Gasteiger partial charge on any atom is 0.103 e. The first kappa shape index (κ1) is 8.23. The molecule has 1 rings (SSSR count). The molecule has 0 unspecified atom stereocenters. The van der Waals surface area contributed by atoms with E-state index in [0.29, 0.717) is 6.54 Å². The van der Waals surface area contributed by atoms with Gasteiger partial charge in [0.15, 0.2) is 0 Å². The molecule has 0 fully saturated rings. The summed E-state index contributed by atoms with van der Waals surface area (Å²) in [6.45, 7) is 1.70. The number of hydrogen-bond donors (Lipinski definition) is 2. The summed E-state index contributed by atoms with van der Waals surface area (Å²) in [5.41, 5.74) is -1.05. The lowest BCUT2D eigenvalue weighted by atomic mass is 10.1. The van der Waals surface area contributed by atoms with Crippen molar-refractivity contribution in [3.63, 3.8) is 0 Å². The van der Waals surface area contributed by atoms with Gasteiger partial charge in [-0.3, -0.25) is 0 Å². The lowest BCUT2D eigenvalue weighted by molar-refractivity contribution is -0.0120. The second-order valence-corrected chi connectivity index (χ2v) is 2.89. The van der Waals surface area contributed by atoms with Gasteiger partial charge in [0.05, 0.1) is 19.5 Å². The lowest BCUT2D eigenvalue weighted by Gasteiger charge is -2.20. The molecule has 0 saturated heterocycles. The monoisotopic (exact) mass is 156 g/mol. The zero-order valence-corrected chi connectivity index (χ0v) is 6.44. The summed E-state index contributed by atoms with van der Waals surface area (Å²) in [5.74, 6) is 0. The van der Waals surface area contributed by atoms with Crippen LogP contribution in [0.3, 0.4) is 0 Å². The van der Waals surface area contributed by atoms with E-state index < -0.39 is 5.60 Å². The van der Waals surface area contributed by atoms with Crippen molar-refractivity contribution < 1.29 is 10.2 Å². The van der Waals surface area contributed by atoms with Crippen LogP contribution in [0.4, 0.5) is 0 Å². The first-order valence-electron chi connectivity index (χ1n) is 3.43. The Morgan fingerprint density at radius 2 is 2.36 bits per heavy atom. The van der Waals surface area contributed by atoms with Crippen LogP contribution < -0.4 is 0 Å². The van der Waals surface area contributed by atoms with E-state index in [1.54, 1.807) is 30.2 Å². The summed E-state index contributed by atoms with van der Waals surface area (Å²) in [4.78, 5) is 3.81. The zero-order valence-electron chi connectivity index (χ0n) is 6.44. The van der Waals surface area contributed by atoms with E-state index in [4.69, 9.17) is 5.11 Å². The molecule has 0 radical (unpaired) electrons. The van der Waals surface area contributed by atoms with Crippen LogP contribution in [-0.4, -0.2) is 32.0 Å². The van der Waals surface area contributed by atoms with Crippen LogP contribution in [0.1, 0.15) is 6.92 Å². The van der Waals surface area contributed by atoms with Gasteiger partial charge < -0.3 is 14.8 Å². The highest BCUT2D eigenvalue weighted by molar-refractivity contribution is 4.80. The minimum Gasteiger partial charge on any atom is -0.393 e. The topological polar surface area (TPSA) is 58.3 Å². The fraction of sp³-hybridized carbons (Fsp3) is 0.571. The summed E-state index contributed by atoms with van der Waals surface area (Å²) < 4.78 is 1.72. The number of hydrogen-bond acceptors (Lipinski definition) is 3. The Hall–Kier alpha value is -0.870. The number of imidazole rings is 1. The van der Waals surface area contributed by atoms with Crippen LogP contribution in [0.15, 0.2) is 18.7 Å². The molecule has 0 aliphatic heterocycles. The summed E-state index contributed by atoms with van der Waals surface area (Å²) >= 11 is 0. The fourth-order valence-electron chi connectivity index (χ4n) is 0.824. The molecule has 0 aliphatic rings. The van der Waals surface area contributed by atoms with Crippen molar-refractivity contribution in [2.75, 3.05) is 6.61 Å². The van der Waals surface area contributed by atoms with Crippen LogP contribution in [0.5, 0.6) is 0 Å². The van der Waals surface area contributed by atoms with Crippen molar-refractivity contribution in [1.82, 2.24) is 9.55 Å². The number of aliphatic hydroxyl groups is 2. The Labute approximate surface area is 65.1 Å². The summed E-state index contributed by atoms with van der Waals surface area (Å²) in [7, 11) is 0. The quantitative estimate of drug-likeness (QED) is 0.627. The molecule has 2 N–H and O–H groups in total. The molecule has 0 amide bonds. The van der Waals surface area contributed by atoms with E-state index in [0.717, 1.165) is 0 Å². The molecule has 11 heavy (non-hydrogen) atoms. The summed E-state index contributed by atoms with van der Waals surface area (Å²) in [6.07, 6.45) is 4.97. The first-order chi connectivity index (χ1) is 5.14. The minimum atomic E-state index is -1.05. The van der Waals surface area contributed by atoms with Gasteiger partial charge in [0.1, 0.15) is 5.60 Å². The zero-order chi connectivity index (χ0) is 8.32.